The summed E-state index contributed by atoms with van der Waals surface area (Å²) in [4.78, 5) is 62.0. The van der Waals surface area contributed by atoms with Crippen molar-refractivity contribution in [1.29, 1.82) is 0 Å². The van der Waals surface area contributed by atoms with Crippen molar-refractivity contribution in [2.75, 3.05) is 64.6 Å². The molecule has 3 aliphatic heterocycles. The number of carbonyl (C=O) groups excluding carboxylic acids is 4. The van der Waals surface area contributed by atoms with Crippen molar-refractivity contribution in [3.63, 3.8) is 0 Å². The number of aliphatic carboxylic acids is 1. The van der Waals surface area contributed by atoms with Gasteiger partial charge in [-0.05, 0) is 280 Å². The highest BCUT2D eigenvalue weighted by Crippen LogP contribution is 2.46. The molecule has 19 nitrogen and oxygen atoms in total. The number of anilines is 3. The SMILES string of the molecule is C.COC(=O)C(OC(C)(C)C)c1c(C)c(N)cc(C)c1-c1ccc2c(c1)CCCO2.COC(=O)Nc1cc(C)c(-c2ccc3c(c2)CCCO3)c(C(OC(C)(C)C)C(=O)O)c1C.COC(=O)Nc1cc(C)c(-c2ccc3c(c2)CCCO3)c(C(OC(C)(C)C)C(=O)OC)c1C. The van der Waals surface area contributed by atoms with E-state index in [0.29, 0.717) is 52.5 Å². The van der Waals surface area contributed by atoms with E-state index >= 15 is 0 Å². The lowest BCUT2D eigenvalue weighted by Crippen LogP contribution is -2.29. The van der Waals surface area contributed by atoms with E-state index in [0.717, 1.165) is 135 Å². The Morgan fingerprint density at radius 2 is 0.758 bits per heavy atom. The first-order chi connectivity index (χ1) is 44.2. The van der Waals surface area contributed by atoms with Gasteiger partial charge in [-0.15, -0.1) is 0 Å². The number of methoxy groups -OCH3 is 4. The fourth-order valence-electron chi connectivity index (χ4n) is 12.1. The van der Waals surface area contributed by atoms with Crippen LogP contribution in [0.5, 0.6) is 17.2 Å². The summed E-state index contributed by atoms with van der Waals surface area (Å²) in [5.74, 6) is 0.642. The number of nitrogen functional groups attached to an aromatic ring is 1. The van der Waals surface area contributed by atoms with Crippen LogP contribution in [0.3, 0.4) is 0 Å². The maximum Gasteiger partial charge on any atom is 0.411 e. The molecule has 0 saturated carbocycles. The molecule has 6 aromatic rings. The third-order valence-corrected chi connectivity index (χ3v) is 16.2. The van der Waals surface area contributed by atoms with Gasteiger partial charge in [-0.3, -0.25) is 10.6 Å². The minimum absolute atomic E-state index is 0. The van der Waals surface area contributed by atoms with Crippen molar-refractivity contribution in [3.05, 3.63) is 140 Å². The Hall–Kier alpha value is -8.65. The summed E-state index contributed by atoms with van der Waals surface area (Å²) >= 11 is 0. The molecule has 0 saturated heterocycles. The standard InChI is InChI=1S/C26H33NO6.C25H31NO6.C24H31NO4.CH4/c1-15-13-19(27-25(29)31-7)16(2)22(23(24(28)30-6)33-26(3,4)5)21(15)18-10-11-20-17(14-18)9-8-12-32-20;1-14-12-18(26-24(29)30-6)15(2)21(22(23(27)28)32-25(3,4)5)20(14)17-9-10-19-16(13-17)8-7-11-31-19;1-14-12-18(25)15(2)21(22(23(26)27-6)29-24(3,4)5)20(14)17-9-10-19-16(13-17)8-7-11-28-19;/h10-11,13-14,23H,8-9,12H2,1-7H3,(H,27,29);9-10,12-13,22H,7-8,11H2,1-6H3,(H,26,29)(H,27,28);9-10,12-13,22H,7-8,11,25H2,1-6H3;1H4. The zero-order valence-electron chi connectivity index (χ0n) is 58.2. The number of carboxylic acids is 1. The number of carbonyl (C=O) groups is 5. The highest BCUT2D eigenvalue weighted by atomic mass is 16.6. The average molecular weight is 1310 g/mol. The van der Waals surface area contributed by atoms with Gasteiger partial charge < -0.3 is 58.2 Å². The van der Waals surface area contributed by atoms with Gasteiger partial charge in [-0.2, -0.15) is 0 Å². The zero-order valence-corrected chi connectivity index (χ0v) is 58.2. The Morgan fingerprint density at radius 3 is 1.06 bits per heavy atom. The van der Waals surface area contributed by atoms with Crippen LogP contribution in [0.1, 0.15) is 174 Å². The largest absolute Gasteiger partial charge is 0.493 e. The number of carboxylic acid groups (broad SMARTS) is 1. The minimum atomic E-state index is -1.23. The van der Waals surface area contributed by atoms with Crippen molar-refractivity contribution in [3.8, 4) is 50.6 Å². The molecule has 514 valence electrons. The summed E-state index contributed by atoms with van der Waals surface area (Å²) in [6, 6.07) is 23.9. The Labute approximate surface area is 560 Å². The maximum atomic E-state index is 13.0. The second-order valence-electron chi connectivity index (χ2n) is 26.8. The molecule has 0 radical (unpaired) electrons. The summed E-state index contributed by atoms with van der Waals surface area (Å²) in [6.07, 6.45) is 1.40. The number of fused-ring (bicyclic) bond motifs is 3. The molecule has 0 aromatic heterocycles. The molecule has 0 fully saturated rings. The quantitative estimate of drug-likeness (QED) is 0.0450. The highest BCUT2D eigenvalue weighted by molar-refractivity contribution is 5.93. The van der Waals surface area contributed by atoms with Crippen LogP contribution in [0.2, 0.25) is 0 Å². The highest BCUT2D eigenvalue weighted by Gasteiger charge is 2.37. The number of aryl methyl sites for hydroxylation is 6. The Bertz CT molecular complexity index is 3790. The van der Waals surface area contributed by atoms with Crippen molar-refractivity contribution in [2.24, 2.45) is 0 Å². The molecule has 5 N–H and O–H groups in total. The van der Waals surface area contributed by atoms with Crippen LogP contribution in [0.4, 0.5) is 26.7 Å². The van der Waals surface area contributed by atoms with E-state index in [9.17, 15) is 29.1 Å². The molecule has 9 rings (SSSR count). The number of ether oxygens (including phenoxy) is 10. The number of hydrogen-bond acceptors (Lipinski definition) is 16. The van der Waals surface area contributed by atoms with Gasteiger partial charge >= 0.3 is 30.1 Å². The van der Waals surface area contributed by atoms with Crippen LogP contribution in [0.25, 0.3) is 33.4 Å². The summed E-state index contributed by atoms with van der Waals surface area (Å²) in [7, 11) is 5.31. The Balaban J connectivity index is 0.000000225. The second kappa shape index (κ2) is 31.7. The third-order valence-electron chi connectivity index (χ3n) is 16.2. The molecule has 0 bridgehead atoms. The van der Waals surface area contributed by atoms with Crippen molar-refractivity contribution in [2.45, 2.75) is 185 Å². The van der Waals surface area contributed by atoms with E-state index in [-0.39, 0.29) is 7.43 Å². The van der Waals surface area contributed by atoms with Crippen LogP contribution in [0, 0.1) is 41.5 Å². The van der Waals surface area contributed by atoms with Gasteiger partial charge in [0.1, 0.15) is 17.2 Å². The van der Waals surface area contributed by atoms with Crippen LogP contribution >= 0.6 is 0 Å². The average Bonchev–Trinajstić information content (AvgIpc) is 0.775. The molecule has 3 aliphatic rings. The molecule has 3 unspecified atom stereocenters. The number of rotatable bonds is 14. The van der Waals surface area contributed by atoms with Gasteiger partial charge in [0, 0.05) is 33.8 Å². The van der Waals surface area contributed by atoms with Gasteiger partial charge in [0.2, 0.25) is 0 Å². The zero-order chi connectivity index (χ0) is 69.3. The van der Waals surface area contributed by atoms with Crippen molar-refractivity contribution < 1.29 is 76.4 Å². The molecule has 3 atom stereocenters. The molecule has 6 aromatic carbocycles. The Morgan fingerprint density at radius 1 is 0.453 bits per heavy atom. The topological polar surface area (TPSA) is 248 Å². The summed E-state index contributed by atoms with van der Waals surface area (Å²) < 4.78 is 55.5. The number of nitrogens with one attached hydrogen (secondary N) is 2. The molecule has 0 spiro atoms. The number of amides is 2. The van der Waals surface area contributed by atoms with Crippen molar-refractivity contribution in [1.82, 2.24) is 0 Å². The minimum Gasteiger partial charge on any atom is -0.493 e. The number of hydrogen-bond donors (Lipinski definition) is 4. The first-order valence-electron chi connectivity index (χ1n) is 31.8. The van der Waals surface area contributed by atoms with E-state index in [1.54, 1.807) is 6.92 Å². The molecule has 2 amide bonds. The molecule has 3 heterocycles. The fourth-order valence-corrected chi connectivity index (χ4v) is 12.1. The molecule has 19 heteroatoms. The van der Waals surface area contributed by atoms with Gasteiger partial charge in [-0.25, -0.2) is 24.0 Å². The van der Waals surface area contributed by atoms with Gasteiger partial charge in [0.15, 0.2) is 18.3 Å². The number of esters is 2. The molecule has 0 aliphatic carbocycles. The molecular weight excluding hydrogens is 1210 g/mol. The summed E-state index contributed by atoms with van der Waals surface area (Å²) in [5.41, 5.74) is 21.8. The second-order valence-corrected chi connectivity index (χ2v) is 26.8. The third kappa shape index (κ3) is 18.6. The van der Waals surface area contributed by atoms with E-state index in [1.165, 1.54) is 34.0 Å². The van der Waals surface area contributed by atoms with E-state index in [2.05, 4.69) is 28.8 Å². The lowest BCUT2D eigenvalue weighted by Gasteiger charge is -2.30. The number of nitrogens with two attached hydrogens (primary N) is 1. The first kappa shape index (κ1) is 75.4. The lowest BCUT2D eigenvalue weighted by atomic mass is 9.86. The molecular formula is C76H99N3O16. The number of benzene rings is 6. The predicted octanol–water partition coefficient (Wildman–Crippen LogP) is 16.5. The van der Waals surface area contributed by atoms with Gasteiger partial charge in [0.05, 0.1) is 65.1 Å². The van der Waals surface area contributed by atoms with E-state index in [1.807, 2.05) is 152 Å². The van der Waals surface area contributed by atoms with Gasteiger partial charge in [0.25, 0.3) is 0 Å². The monoisotopic (exact) mass is 1310 g/mol. The lowest BCUT2D eigenvalue weighted by molar-refractivity contribution is -0.164. The van der Waals surface area contributed by atoms with Crippen LogP contribution in [-0.4, -0.2) is 100 Å². The summed E-state index contributed by atoms with van der Waals surface area (Å²) in [6.45, 7) is 30.5. The Kier molecular flexibility index (Phi) is 25.2. The predicted molar refractivity (Wildman–Crippen MR) is 371 cm³/mol. The smallest absolute Gasteiger partial charge is 0.411 e. The van der Waals surface area contributed by atoms with E-state index in [4.69, 9.17) is 53.1 Å². The van der Waals surface area contributed by atoms with Gasteiger partial charge in [-0.1, -0.05) is 25.6 Å². The van der Waals surface area contributed by atoms with Crippen molar-refractivity contribution >= 4 is 47.2 Å². The first-order valence-corrected chi connectivity index (χ1v) is 31.8. The van der Waals surface area contributed by atoms with Crippen LogP contribution < -0.4 is 30.6 Å². The molecule has 95 heavy (non-hydrogen) atoms. The normalized spacial score (nSPS) is 14.1. The summed E-state index contributed by atoms with van der Waals surface area (Å²) in [5, 5.41) is 15.6. The van der Waals surface area contributed by atoms with Crippen LogP contribution in [-0.2, 0) is 66.8 Å². The maximum absolute atomic E-state index is 13.0. The fraction of sp³-hybridized carbons (Fsp3) is 0.461. The van der Waals surface area contributed by atoms with E-state index < -0.39 is 65.2 Å². The van der Waals surface area contributed by atoms with Crippen LogP contribution in [0.15, 0.2) is 72.8 Å².